The third-order valence-corrected chi connectivity index (χ3v) is 2.30. The third-order valence-electron chi connectivity index (χ3n) is 2.30. The van der Waals surface area contributed by atoms with Crippen molar-refractivity contribution in [3.8, 4) is 17.2 Å². The molecule has 2 aromatic carbocycles. The highest BCUT2D eigenvalue weighted by Gasteiger charge is 2.09. The fourth-order valence-electron chi connectivity index (χ4n) is 1.43. The van der Waals surface area contributed by atoms with Crippen LogP contribution in [0.1, 0.15) is 0 Å². The van der Waals surface area contributed by atoms with E-state index in [0.29, 0.717) is 11.5 Å². The number of nitrogen functional groups attached to an aromatic ring is 1. The molecule has 2 aromatic rings. The second kappa shape index (κ2) is 4.74. The molecule has 0 saturated carbocycles. The van der Waals surface area contributed by atoms with Crippen molar-refractivity contribution in [3.05, 3.63) is 48.3 Å². The minimum Gasteiger partial charge on any atom is -0.493 e. The van der Waals surface area contributed by atoms with Gasteiger partial charge in [-0.15, -0.1) is 0 Å². The highest BCUT2D eigenvalue weighted by Crippen LogP contribution is 2.34. The van der Waals surface area contributed by atoms with Crippen LogP contribution in [0.2, 0.25) is 0 Å². The number of benzene rings is 2. The monoisotopic (exact) mass is 233 g/mol. The van der Waals surface area contributed by atoms with Crippen LogP contribution in [0.3, 0.4) is 0 Å². The molecule has 3 nitrogen and oxygen atoms in total. The van der Waals surface area contributed by atoms with Crippen molar-refractivity contribution in [2.45, 2.75) is 0 Å². The Morgan fingerprint density at radius 2 is 1.59 bits per heavy atom. The molecule has 88 valence electrons. The molecule has 0 aliphatic carbocycles. The lowest BCUT2D eigenvalue weighted by Crippen LogP contribution is -1.96. The second-order valence-corrected chi connectivity index (χ2v) is 3.40. The number of hydrogen-bond donors (Lipinski definition) is 1. The Morgan fingerprint density at radius 3 is 2.29 bits per heavy atom. The first-order valence-electron chi connectivity index (χ1n) is 5.07. The molecule has 0 bridgehead atoms. The first-order chi connectivity index (χ1) is 8.22. The van der Waals surface area contributed by atoms with Crippen LogP contribution < -0.4 is 15.2 Å². The molecule has 0 unspecified atom stereocenters. The van der Waals surface area contributed by atoms with Gasteiger partial charge in [0.25, 0.3) is 0 Å². The molecule has 0 atom stereocenters. The van der Waals surface area contributed by atoms with Crippen LogP contribution in [-0.2, 0) is 0 Å². The van der Waals surface area contributed by atoms with Crippen molar-refractivity contribution < 1.29 is 13.9 Å². The lowest BCUT2D eigenvalue weighted by molar-refractivity contribution is 0.379. The fourth-order valence-corrected chi connectivity index (χ4v) is 1.43. The molecule has 4 heteroatoms. The lowest BCUT2D eigenvalue weighted by atomic mass is 10.2. The molecular weight excluding hydrogens is 221 g/mol. The summed E-state index contributed by atoms with van der Waals surface area (Å²) < 4.78 is 23.9. The molecule has 0 fully saturated rings. The SMILES string of the molecule is COc1ccccc1Oc1cccc(F)c1N. The Bertz CT molecular complexity index is 529. The number of anilines is 1. The first-order valence-corrected chi connectivity index (χ1v) is 5.07. The summed E-state index contributed by atoms with van der Waals surface area (Å²) in [6.07, 6.45) is 0. The van der Waals surface area contributed by atoms with Gasteiger partial charge in [-0.3, -0.25) is 0 Å². The zero-order valence-electron chi connectivity index (χ0n) is 9.31. The Hall–Kier alpha value is -2.23. The van der Waals surface area contributed by atoms with E-state index in [0.717, 1.165) is 0 Å². The summed E-state index contributed by atoms with van der Waals surface area (Å²) in [4.78, 5) is 0. The highest BCUT2D eigenvalue weighted by atomic mass is 19.1. The van der Waals surface area contributed by atoms with Crippen LogP contribution in [0.15, 0.2) is 42.5 Å². The van der Waals surface area contributed by atoms with Crippen LogP contribution in [-0.4, -0.2) is 7.11 Å². The van der Waals surface area contributed by atoms with Crippen LogP contribution in [0.5, 0.6) is 17.2 Å². The van der Waals surface area contributed by atoms with Gasteiger partial charge < -0.3 is 15.2 Å². The van der Waals surface area contributed by atoms with E-state index < -0.39 is 5.82 Å². The number of halogens is 1. The Balaban J connectivity index is 2.35. The summed E-state index contributed by atoms with van der Waals surface area (Å²) in [5.74, 6) is 0.829. The smallest absolute Gasteiger partial charge is 0.169 e. The molecule has 0 amide bonds. The predicted molar refractivity (Wildman–Crippen MR) is 63.9 cm³/mol. The summed E-state index contributed by atoms with van der Waals surface area (Å²) in [5.41, 5.74) is 5.57. The number of ether oxygens (including phenoxy) is 2. The Kier molecular flexibility index (Phi) is 3.14. The van der Waals surface area contributed by atoms with Crippen LogP contribution in [0.25, 0.3) is 0 Å². The van der Waals surface area contributed by atoms with Crippen molar-refractivity contribution >= 4 is 5.69 Å². The molecule has 2 rings (SSSR count). The van der Waals surface area contributed by atoms with Crippen LogP contribution in [0, 0.1) is 5.82 Å². The molecule has 0 radical (unpaired) electrons. The predicted octanol–water partition coefficient (Wildman–Crippen LogP) is 3.21. The molecule has 2 N–H and O–H groups in total. The van der Waals surface area contributed by atoms with Gasteiger partial charge in [-0.05, 0) is 24.3 Å². The molecule has 0 aromatic heterocycles. The topological polar surface area (TPSA) is 44.5 Å². The molecule has 0 spiro atoms. The van der Waals surface area contributed by atoms with Gasteiger partial charge in [-0.1, -0.05) is 18.2 Å². The molecular formula is C13H12FNO2. The van der Waals surface area contributed by atoms with Gasteiger partial charge in [0.05, 0.1) is 7.11 Å². The van der Waals surface area contributed by atoms with Crippen molar-refractivity contribution in [1.29, 1.82) is 0 Å². The van der Waals surface area contributed by atoms with Crippen molar-refractivity contribution in [1.82, 2.24) is 0 Å². The van der Waals surface area contributed by atoms with E-state index in [1.807, 2.05) is 6.07 Å². The minimum absolute atomic E-state index is 0.0154. The Labute approximate surface area is 98.6 Å². The molecule has 0 aliphatic heterocycles. The summed E-state index contributed by atoms with van der Waals surface area (Å²) in [7, 11) is 1.54. The first kappa shape index (κ1) is 11.3. The highest BCUT2D eigenvalue weighted by molar-refractivity contribution is 5.56. The van der Waals surface area contributed by atoms with Gasteiger partial charge in [0, 0.05) is 0 Å². The number of nitrogens with two attached hydrogens (primary N) is 1. The molecule has 0 saturated heterocycles. The van der Waals surface area contributed by atoms with E-state index >= 15 is 0 Å². The van der Waals surface area contributed by atoms with Crippen molar-refractivity contribution in [2.24, 2.45) is 0 Å². The van der Waals surface area contributed by atoms with Crippen LogP contribution in [0.4, 0.5) is 10.1 Å². The van der Waals surface area contributed by atoms with Gasteiger partial charge in [0.2, 0.25) is 0 Å². The largest absolute Gasteiger partial charge is 0.493 e. The van der Waals surface area contributed by atoms with E-state index in [1.165, 1.54) is 19.2 Å². The zero-order valence-corrected chi connectivity index (χ0v) is 9.31. The van der Waals surface area contributed by atoms with E-state index in [9.17, 15) is 4.39 Å². The van der Waals surface area contributed by atoms with E-state index in [4.69, 9.17) is 15.2 Å². The lowest BCUT2D eigenvalue weighted by Gasteiger charge is -2.11. The van der Waals surface area contributed by atoms with Crippen LogP contribution >= 0.6 is 0 Å². The Morgan fingerprint density at radius 1 is 0.941 bits per heavy atom. The standard InChI is InChI=1S/C13H12FNO2/c1-16-10-6-2-3-7-11(10)17-12-8-4-5-9(14)13(12)15/h2-8H,15H2,1H3. The fraction of sp³-hybridized carbons (Fsp3) is 0.0769. The maximum Gasteiger partial charge on any atom is 0.169 e. The molecule has 0 aliphatic rings. The third kappa shape index (κ3) is 2.30. The number of methoxy groups -OCH3 is 1. The maximum absolute atomic E-state index is 13.2. The summed E-state index contributed by atoms with van der Waals surface area (Å²) in [6.45, 7) is 0. The normalized spacial score (nSPS) is 10.0. The quantitative estimate of drug-likeness (QED) is 0.828. The van der Waals surface area contributed by atoms with Gasteiger partial charge in [-0.25, -0.2) is 4.39 Å². The van der Waals surface area contributed by atoms with Gasteiger partial charge >= 0.3 is 0 Å². The number of hydrogen-bond acceptors (Lipinski definition) is 3. The van der Waals surface area contributed by atoms with Crippen molar-refractivity contribution in [3.63, 3.8) is 0 Å². The molecule has 17 heavy (non-hydrogen) atoms. The van der Waals surface area contributed by atoms with Gasteiger partial charge in [0.15, 0.2) is 17.2 Å². The summed E-state index contributed by atoms with van der Waals surface area (Å²) in [6, 6.07) is 11.5. The average molecular weight is 233 g/mol. The van der Waals surface area contributed by atoms with E-state index in [-0.39, 0.29) is 11.4 Å². The second-order valence-electron chi connectivity index (χ2n) is 3.40. The zero-order chi connectivity index (χ0) is 12.3. The number of rotatable bonds is 3. The van der Waals surface area contributed by atoms with Gasteiger partial charge in [0.1, 0.15) is 11.5 Å². The molecule has 0 heterocycles. The summed E-state index contributed by atoms with van der Waals surface area (Å²) >= 11 is 0. The summed E-state index contributed by atoms with van der Waals surface area (Å²) in [5, 5.41) is 0. The minimum atomic E-state index is -0.502. The maximum atomic E-state index is 13.2. The van der Waals surface area contributed by atoms with Gasteiger partial charge in [-0.2, -0.15) is 0 Å². The number of para-hydroxylation sites is 3. The van der Waals surface area contributed by atoms with E-state index in [2.05, 4.69) is 0 Å². The average Bonchev–Trinajstić information content (AvgIpc) is 2.35. The van der Waals surface area contributed by atoms with Crippen molar-refractivity contribution in [2.75, 3.05) is 12.8 Å². The van der Waals surface area contributed by atoms with E-state index in [1.54, 1.807) is 24.3 Å².